The Bertz CT molecular complexity index is 598. The molecule has 1 aliphatic rings. The van der Waals surface area contributed by atoms with Crippen LogP contribution in [0.2, 0.25) is 0 Å². The summed E-state index contributed by atoms with van der Waals surface area (Å²) in [5.74, 6) is 0. The summed E-state index contributed by atoms with van der Waals surface area (Å²) < 4.78 is 5.08. The molecule has 0 bridgehead atoms. The summed E-state index contributed by atoms with van der Waals surface area (Å²) in [4.78, 5) is 0. The van der Waals surface area contributed by atoms with Crippen molar-refractivity contribution in [3.8, 4) is 0 Å². The van der Waals surface area contributed by atoms with E-state index in [1.807, 2.05) is 12.1 Å². The van der Waals surface area contributed by atoms with Crippen LogP contribution in [-0.2, 0) is 6.42 Å². The van der Waals surface area contributed by atoms with Crippen LogP contribution in [0.25, 0.3) is 5.57 Å². The molecule has 0 spiro atoms. The molecule has 87 valence electrons. The largest absolute Gasteiger partial charge is 0.472 e. The lowest BCUT2D eigenvalue weighted by Gasteiger charge is -1.95. The summed E-state index contributed by atoms with van der Waals surface area (Å²) in [5.41, 5.74) is 4.62. The summed E-state index contributed by atoms with van der Waals surface area (Å²) in [6.45, 7) is 0. The fraction of sp³-hybridized carbons (Fsp3) is 0.0588. The monoisotopic (exact) mass is 233 g/mol. The number of furan rings is 1. The van der Waals surface area contributed by atoms with Crippen LogP contribution < -0.4 is 0 Å². The molecule has 0 aliphatic heterocycles. The van der Waals surface area contributed by atoms with E-state index in [0.29, 0.717) is 0 Å². The van der Waals surface area contributed by atoms with Gasteiger partial charge in [-0.15, -0.1) is 0 Å². The quantitative estimate of drug-likeness (QED) is 0.774. The van der Waals surface area contributed by atoms with Crippen molar-refractivity contribution in [2.45, 2.75) is 6.42 Å². The van der Waals surface area contributed by atoms with E-state index in [2.05, 4.69) is 48.6 Å². The lowest BCUT2D eigenvalue weighted by Crippen LogP contribution is -1.80. The van der Waals surface area contributed by atoms with E-state index in [4.69, 9.17) is 4.42 Å². The van der Waals surface area contributed by atoms with Crippen molar-refractivity contribution in [2.75, 3.05) is 0 Å². The lowest BCUT2D eigenvalue weighted by molar-refractivity contribution is 0.566. The fourth-order valence-corrected chi connectivity index (χ4v) is 1.96. The second kappa shape index (κ2) is 4.92. The van der Waals surface area contributed by atoms with Crippen LogP contribution in [-0.4, -0.2) is 0 Å². The van der Waals surface area contributed by atoms with Gasteiger partial charge in [0.25, 0.3) is 0 Å². The molecule has 0 atom stereocenters. The molecule has 0 fully saturated rings. The van der Waals surface area contributed by atoms with Crippen molar-refractivity contribution < 1.29 is 4.42 Å². The van der Waals surface area contributed by atoms with Crippen LogP contribution in [0.5, 0.6) is 0 Å². The van der Waals surface area contributed by atoms with Crippen LogP contribution in [0, 0.1) is 6.08 Å². The maximum atomic E-state index is 5.08. The minimum absolute atomic E-state index is 0.937. The molecule has 3 rings (SSSR count). The predicted octanol–water partition coefficient (Wildman–Crippen LogP) is 4.21. The van der Waals surface area contributed by atoms with Gasteiger partial charge in [-0.3, -0.25) is 0 Å². The molecule has 1 heteroatoms. The standard InChI is InChI=1S/C17H13O/c1-2-4-14(5-3-1)6-7-15-8-9-16(12-15)17-10-11-18-13-17/h1-5,7-11,13H,6H2. The molecule has 0 N–H and O–H groups in total. The Hall–Kier alpha value is -2.28. The molecule has 0 saturated carbocycles. The Morgan fingerprint density at radius 2 is 1.94 bits per heavy atom. The second-order valence-electron chi connectivity index (χ2n) is 4.23. The SMILES string of the molecule is [C]1=C(c2ccoc2)C=CC1=CCc1ccccc1. The van der Waals surface area contributed by atoms with Crippen molar-refractivity contribution >= 4 is 5.57 Å². The van der Waals surface area contributed by atoms with Gasteiger partial charge in [0.2, 0.25) is 0 Å². The van der Waals surface area contributed by atoms with Gasteiger partial charge in [0, 0.05) is 5.56 Å². The van der Waals surface area contributed by atoms with E-state index in [1.165, 1.54) is 5.56 Å². The van der Waals surface area contributed by atoms with E-state index in [-0.39, 0.29) is 0 Å². The van der Waals surface area contributed by atoms with E-state index >= 15 is 0 Å². The van der Waals surface area contributed by atoms with Gasteiger partial charge in [0.15, 0.2) is 0 Å². The number of hydrogen-bond acceptors (Lipinski definition) is 1. The van der Waals surface area contributed by atoms with Crippen molar-refractivity contribution in [2.24, 2.45) is 0 Å². The Morgan fingerprint density at radius 3 is 2.72 bits per heavy atom. The number of allylic oxidation sites excluding steroid dienone is 6. The molecule has 1 heterocycles. The van der Waals surface area contributed by atoms with Gasteiger partial charge in [0.05, 0.1) is 12.5 Å². The molecule has 1 aromatic heterocycles. The van der Waals surface area contributed by atoms with E-state index < -0.39 is 0 Å². The third-order valence-corrected chi connectivity index (χ3v) is 2.94. The molecule has 1 nitrogen and oxygen atoms in total. The first-order valence-electron chi connectivity index (χ1n) is 6.00. The smallest absolute Gasteiger partial charge is 0.0981 e. The third-order valence-electron chi connectivity index (χ3n) is 2.94. The molecule has 1 aromatic carbocycles. The van der Waals surface area contributed by atoms with Crippen LogP contribution in [0.4, 0.5) is 0 Å². The molecular weight excluding hydrogens is 220 g/mol. The Morgan fingerprint density at radius 1 is 1.06 bits per heavy atom. The number of hydrogen-bond donors (Lipinski definition) is 0. The minimum Gasteiger partial charge on any atom is -0.472 e. The van der Waals surface area contributed by atoms with Crippen molar-refractivity contribution in [3.05, 3.63) is 89.9 Å². The van der Waals surface area contributed by atoms with E-state index in [9.17, 15) is 0 Å². The first-order chi connectivity index (χ1) is 8.92. The number of rotatable bonds is 3. The molecule has 0 saturated heterocycles. The maximum Gasteiger partial charge on any atom is 0.0981 e. The van der Waals surface area contributed by atoms with Crippen molar-refractivity contribution in [3.63, 3.8) is 0 Å². The van der Waals surface area contributed by atoms with Crippen molar-refractivity contribution in [1.29, 1.82) is 0 Å². The highest BCUT2D eigenvalue weighted by Gasteiger charge is 2.06. The van der Waals surface area contributed by atoms with Crippen LogP contribution in [0.1, 0.15) is 11.1 Å². The summed E-state index contributed by atoms with van der Waals surface area (Å²) in [6.07, 6.45) is 14.1. The fourth-order valence-electron chi connectivity index (χ4n) is 1.96. The summed E-state index contributed by atoms with van der Waals surface area (Å²) in [7, 11) is 0. The summed E-state index contributed by atoms with van der Waals surface area (Å²) >= 11 is 0. The first kappa shape index (κ1) is 10.8. The zero-order valence-corrected chi connectivity index (χ0v) is 9.97. The van der Waals surface area contributed by atoms with Crippen LogP contribution >= 0.6 is 0 Å². The summed E-state index contributed by atoms with van der Waals surface area (Å²) in [6, 6.07) is 12.4. The van der Waals surface area contributed by atoms with Crippen molar-refractivity contribution in [1.82, 2.24) is 0 Å². The third kappa shape index (κ3) is 2.35. The van der Waals surface area contributed by atoms with Crippen LogP contribution in [0.3, 0.4) is 0 Å². The molecule has 18 heavy (non-hydrogen) atoms. The zero-order valence-electron chi connectivity index (χ0n) is 9.97. The average Bonchev–Trinajstić information content (AvgIpc) is 3.08. The van der Waals surface area contributed by atoms with Gasteiger partial charge >= 0.3 is 0 Å². The van der Waals surface area contributed by atoms with Gasteiger partial charge < -0.3 is 4.42 Å². The molecule has 0 unspecified atom stereocenters. The average molecular weight is 233 g/mol. The van der Waals surface area contributed by atoms with Gasteiger partial charge in [-0.25, -0.2) is 0 Å². The second-order valence-corrected chi connectivity index (χ2v) is 4.23. The lowest BCUT2D eigenvalue weighted by atomic mass is 10.1. The highest BCUT2D eigenvalue weighted by atomic mass is 16.3. The Kier molecular flexibility index (Phi) is 2.97. The molecular formula is C17H13O. The minimum atomic E-state index is 0.937. The van der Waals surface area contributed by atoms with E-state index in [1.54, 1.807) is 12.5 Å². The summed E-state index contributed by atoms with van der Waals surface area (Å²) in [5, 5.41) is 0. The Balaban J connectivity index is 1.74. The highest BCUT2D eigenvalue weighted by Crippen LogP contribution is 2.24. The number of benzene rings is 1. The maximum absolute atomic E-state index is 5.08. The van der Waals surface area contributed by atoms with Gasteiger partial charge in [-0.05, 0) is 35.3 Å². The van der Waals surface area contributed by atoms with Crippen LogP contribution in [0.15, 0.2) is 77.1 Å². The normalized spacial score (nSPS) is 16.2. The first-order valence-corrected chi connectivity index (χ1v) is 6.00. The van der Waals surface area contributed by atoms with Gasteiger partial charge in [0.1, 0.15) is 0 Å². The van der Waals surface area contributed by atoms with E-state index in [0.717, 1.165) is 23.1 Å². The highest BCUT2D eigenvalue weighted by molar-refractivity contribution is 5.78. The van der Waals surface area contributed by atoms with Gasteiger partial charge in [-0.2, -0.15) is 0 Å². The molecule has 1 radical (unpaired) electrons. The topological polar surface area (TPSA) is 13.1 Å². The molecule has 1 aliphatic carbocycles. The zero-order chi connectivity index (χ0) is 12.2. The molecule has 0 amide bonds. The Labute approximate surface area is 107 Å². The molecule has 2 aromatic rings. The predicted molar refractivity (Wildman–Crippen MR) is 72.7 cm³/mol. The van der Waals surface area contributed by atoms with Gasteiger partial charge in [-0.1, -0.05) is 48.6 Å².